The van der Waals surface area contributed by atoms with Gasteiger partial charge in [0, 0.05) is 26.2 Å². The Hall–Kier alpha value is -0.870. The second-order valence-electron chi connectivity index (χ2n) is 9.08. The third-order valence-electron chi connectivity index (χ3n) is 6.57. The zero-order valence-corrected chi connectivity index (χ0v) is 16.6. The first kappa shape index (κ1) is 18.9. The van der Waals surface area contributed by atoms with Crippen molar-refractivity contribution in [2.75, 3.05) is 45.9 Å². The monoisotopic (exact) mass is 348 g/mol. The maximum absolute atomic E-state index is 13.0. The van der Waals surface area contributed by atoms with Gasteiger partial charge in [-0.2, -0.15) is 0 Å². The number of amides is 1. The van der Waals surface area contributed by atoms with Crippen LogP contribution in [0, 0.1) is 23.2 Å². The third-order valence-corrected chi connectivity index (χ3v) is 6.57. The van der Waals surface area contributed by atoms with Gasteiger partial charge in [-0.1, -0.05) is 25.5 Å². The van der Waals surface area contributed by atoms with Gasteiger partial charge in [0.15, 0.2) is 0 Å². The van der Waals surface area contributed by atoms with Crippen LogP contribution < -0.4 is 0 Å². The van der Waals surface area contributed by atoms with E-state index in [9.17, 15) is 4.79 Å². The van der Waals surface area contributed by atoms with Gasteiger partial charge in [0.05, 0.1) is 19.1 Å². The molecule has 2 aliphatic heterocycles. The molecule has 0 radical (unpaired) electrons. The van der Waals surface area contributed by atoms with Crippen molar-refractivity contribution in [1.29, 1.82) is 0 Å². The highest BCUT2D eigenvalue weighted by Gasteiger charge is 2.61. The second kappa shape index (κ2) is 7.79. The first-order valence-corrected chi connectivity index (χ1v) is 10.1. The van der Waals surface area contributed by atoms with Crippen LogP contribution >= 0.6 is 0 Å². The van der Waals surface area contributed by atoms with Crippen LogP contribution in [0.5, 0.6) is 0 Å². The van der Waals surface area contributed by atoms with Gasteiger partial charge in [0.2, 0.25) is 5.91 Å². The fraction of sp³-hybridized carbons (Fsp3) is 0.857. The number of morpholine rings is 1. The van der Waals surface area contributed by atoms with E-state index >= 15 is 0 Å². The van der Waals surface area contributed by atoms with Crippen molar-refractivity contribution in [2.24, 2.45) is 23.2 Å². The Balaban J connectivity index is 1.43. The summed E-state index contributed by atoms with van der Waals surface area (Å²) in [6.45, 7) is 15.8. The van der Waals surface area contributed by atoms with Crippen LogP contribution in [0.25, 0.3) is 0 Å². The summed E-state index contributed by atoms with van der Waals surface area (Å²) in [7, 11) is 0. The molecule has 0 N–H and O–H groups in total. The largest absolute Gasteiger partial charge is 0.379 e. The van der Waals surface area contributed by atoms with Crippen LogP contribution in [0.15, 0.2) is 11.6 Å². The van der Waals surface area contributed by atoms with E-state index < -0.39 is 0 Å². The SMILES string of the molecule is CC(C)=C[C@H]1[C@@H](C(=O)N2CCC(CCN3CCOCC3)CC2)C1(C)C. The summed E-state index contributed by atoms with van der Waals surface area (Å²) in [5.74, 6) is 1.82. The van der Waals surface area contributed by atoms with E-state index in [2.05, 4.69) is 43.6 Å². The molecular formula is C21H36N2O2. The molecule has 0 unspecified atom stereocenters. The molecule has 0 aromatic heterocycles. The molecule has 3 aliphatic rings. The molecule has 0 spiro atoms. The Morgan fingerprint density at radius 1 is 1.12 bits per heavy atom. The van der Waals surface area contributed by atoms with E-state index in [1.54, 1.807) is 0 Å². The van der Waals surface area contributed by atoms with Crippen molar-refractivity contribution in [3.05, 3.63) is 11.6 Å². The van der Waals surface area contributed by atoms with Gasteiger partial charge in [-0.25, -0.2) is 0 Å². The van der Waals surface area contributed by atoms with E-state index in [0.717, 1.165) is 45.3 Å². The summed E-state index contributed by atoms with van der Waals surface area (Å²) in [6.07, 6.45) is 5.93. The highest BCUT2D eigenvalue weighted by atomic mass is 16.5. The fourth-order valence-electron chi connectivity index (χ4n) is 4.65. The lowest BCUT2D eigenvalue weighted by Crippen LogP contribution is -2.41. The van der Waals surface area contributed by atoms with E-state index in [-0.39, 0.29) is 11.3 Å². The number of likely N-dealkylation sites (tertiary alicyclic amines) is 1. The lowest BCUT2D eigenvalue weighted by atomic mass is 9.93. The minimum absolute atomic E-state index is 0.140. The summed E-state index contributed by atoms with van der Waals surface area (Å²) in [5, 5.41) is 0. The number of allylic oxidation sites excluding steroid dienone is 2. The van der Waals surface area contributed by atoms with Crippen molar-refractivity contribution in [3.63, 3.8) is 0 Å². The van der Waals surface area contributed by atoms with E-state index in [0.29, 0.717) is 11.8 Å². The molecule has 2 heterocycles. The maximum atomic E-state index is 13.0. The quantitative estimate of drug-likeness (QED) is 0.716. The van der Waals surface area contributed by atoms with Crippen molar-refractivity contribution in [2.45, 2.75) is 47.0 Å². The van der Waals surface area contributed by atoms with Crippen LogP contribution in [0.2, 0.25) is 0 Å². The molecule has 4 nitrogen and oxygen atoms in total. The Labute approximate surface area is 153 Å². The molecule has 2 atom stereocenters. The minimum atomic E-state index is 0.140. The molecule has 1 amide bonds. The van der Waals surface area contributed by atoms with Crippen LogP contribution in [-0.2, 0) is 9.53 Å². The Morgan fingerprint density at radius 3 is 2.36 bits per heavy atom. The lowest BCUT2D eigenvalue weighted by Gasteiger charge is -2.34. The number of carbonyl (C=O) groups is 1. The van der Waals surface area contributed by atoms with Gasteiger partial charge in [-0.05, 0) is 56.9 Å². The summed E-state index contributed by atoms with van der Waals surface area (Å²) in [6, 6.07) is 0. The molecule has 3 rings (SSSR count). The zero-order chi connectivity index (χ0) is 18.0. The van der Waals surface area contributed by atoms with Gasteiger partial charge in [0.1, 0.15) is 0 Å². The van der Waals surface area contributed by atoms with Crippen LogP contribution in [0.4, 0.5) is 0 Å². The fourth-order valence-corrected chi connectivity index (χ4v) is 4.65. The number of carbonyl (C=O) groups excluding carboxylic acids is 1. The average molecular weight is 349 g/mol. The molecule has 142 valence electrons. The van der Waals surface area contributed by atoms with E-state index in [1.165, 1.54) is 31.4 Å². The first-order chi connectivity index (χ1) is 11.9. The average Bonchev–Trinajstić information content (AvgIpc) is 3.13. The minimum Gasteiger partial charge on any atom is -0.379 e. The van der Waals surface area contributed by atoms with Crippen LogP contribution in [0.3, 0.4) is 0 Å². The predicted molar refractivity (Wildman–Crippen MR) is 101 cm³/mol. The molecule has 0 bridgehead atoms. The summed E-state index contributed by atoms with van der Waals surface area (Å²) in [4.78, 5) is 17.6. The highest BCUT2D eigenvalue weighted by Crippen LogP contribution is 2.60. The summed E-state index contributed by atoms with van der Waals surface area (Å²) < 4.78 is 5.42. The van der Waals surface area contributed by atoms with E-state index in [1.807, 2.05) is 0 Å². The Bertz CT molecular complexity index is 496. The lowest BCUT2D eigenvalue weighted by molar-refractivity contribution is -0.134. The molecule has 0 aromatic rings. The molecular weight excluding hydrogens is 312 g/mol. The van der Waals surface area contributed by atoms with E-state index in [4.69, 9.17) is 4.74 Å². The number of piperidine rings is 1. The normalized spacial score (nSPS) is 30.2. The number of hydrogen-bond donors (Lipinski definition) is 0. The number of ether oxygens (including phenoxy) is 1. The second-order valence-corrected chi connectivity index (χ2v) is 9.08. The van der Waals surface area contributed by atoms with Crippen LogP contribution in [-0.4, -0.2) is 61.6 Å². The van der Waals surface area contributed by atoms with Gasteiger partial charge >= 0.3 is 0 Å². The van der Waals surface area contributed by atoms with Gasteiger partial charge in [-0.3, -0.25) is 9.69 Å². The molecule has 2 saturated heterocycles. The first-order valence-electron chi connectivity index (χ1n) is 10.1. The van der Waals surface area contributed by atoms with Crippen molar-refractivity contribution >= 4 is 5.91 Å². The Morgan fingerprint density at radius 2 is 1.76 bits per heavy atom. The zero-order valence-electron chi connectivity index (χ0n) is 16.6. The smallest absolute Gasteiger partial charge is 0.226 e. The third kappa shape index (κ3) is 4.46. The Kier molecular flexibility index (Phi) is 5.89. The van der Waals surface area contributed by atoms with Crippen molar-refractivity contribution < 1.29 is 9.53 Å². The van der Waals surface area contributed by atoms with Crippen molar-refractivity contribution in [1.82, 2.24) is 9.80 Å². The summed E-state index contributed by atoms with van der Waals surface area (Å²) in [5.41, 5.74) is 1.47. The molecule has 3 fully saturated rings. The summed E-state index contributed by atoms with van der Waals surface area (Å²) >= 11 is 0. The topological polar surface area (TPSA) is 32.8 Å². The molecule has 25 heavy (non-hydrogen) atoms. The number of hydrogen-bond acceptors (Lipinski definition) is 3. The molecule has 1 aliphatic carbocycles. The molecule has 0 aromatic carbocycles. The molecule has 1 saturated carbocycles. The number of nitrogens with zero attached hydrogens (tertiary/aromatic N) is 2. The standard InChI is InChI=1S/C21H36N2O2/c1-16(2)15-18-19(21(18,3)4)20(24)23-9-6-17(7-10-23)5-8-22-11-13-25-14-12-22/h15,17-19H,5-14H2,1-4H3/t18-,19-/m0/s1. The molecule has 4 heteroatoms. The predicted octanol–water partition coefficient (Wildman–Crippen LogP) is 3.19. The van der Waals surface area contributed by atoms with Gasteiger partial charge < -0.3 is 9.64 Å². The highest BCUT2D eigenvalue weighted by molar-refractivity contribution is 5.84. The van der Waals surface area contributed by atoms with Crippen molar-refractivity contribution in [3.8, 4) is 0 Å². The van der Waals surface area contributed by atoms with Crippen LogP contribution in [0.1, 0.15) is 47.0 Å². The maximum Gasteiger partial charge on any atom is 0.226 e. The number of rotatable bonds is 5. The van der Waals surface area contributed by atoms with Gasteiger partial charge in [-0.15, -0.1) is 0 Å². The van der Waals surface area contributed by atoms with Gasteiger partial charge in [0.25, 0.3) is 0 Å².